The van der Waals surface area contributed by atoms with Crippen LogP contribution in [0.2, 0.25) is 0 Å². The fourth-order valence-electron chi connectivity index (χ4n) is 2.48. The smallest absolute Gasteiger partial charge is 0.186 e. The van der Waals surface area contributed by atoms with E-state index in [1.165, 1.54) is 0 Å². The minimum atomic E-state index is -1.44. The first kappa shape index (κ1) is 19.8. The van der Waals surface area contributed by atoms with Crippen LogP contribution < -0.4 is 0 Å². The van der Waals surface area contributed by atoms with Gasteiger partial charge < -0.3 is 35.0 Å². The molecule has 7 nitrogen and oxygen atoms in total. The zero-order chi connectivity index (χ0) is 16.5. The number of hydrogen-bond donors (Lipinski definition) is 5. The van der Waals surface area contributed by atoms with Crippen LogP contribution in [0.4, 0.5) is 0 Å². The Bertz CT molecular complexity index is 287. The van der Waals surface area contributed by atoms with E-state index in [0.29, 0.717) is 12.8 Å². The first-order valence-corrected chi connectivity index (χ1v) is 8.11. The van der Waals surface area contributed by atoms with Crippen molar-refractivity contribution >= 4 is 0 Å². The highest BCUT2D eigenvalue weighted by Crippen LogP contribution is 2.22. The normalized spacial score (nSPS) is 33.8. The summed E-state index contributed by atoms with van der Waals surface area (Å²) in [6.07, 6.45) is -1.29. The van der Waals surface area contributed by atoms with Gasteiger partial charge in [0, 0.05) is 0 Å². The summed E-state index contributed by atoms with van der Waals surface area (Å²) < 4.78 is 10.5. The summed E-state index contributed by atoms with van der Waals surface area (Å²) in [4.78, 5) is 0. The maximum absolute atomic E-state index is 9.82. The second kappa shape index (κ2) is 10.5. The van der Waals surface area contributed by atoms with Crippen molar-refractivity contribution in [3.8, 4) is 0 Å². The SMILES string of the molecule is CCCCCC[C@@H](O)CCO[C@H]1OC(CO)[C@H](O)C(O)C1O. The Hall–Kier alpha value is -0.280. The van der Waals surface area contributed by atoms with Crippen LogP contribution in [0.15, 0.2) is 0 Å². The third-order valence-electron chi connectivity index (χ3n) is 3.97. The summed E-state index contributed by atoms with van der Waals surface area (Å²) in [6.45, 7) is 1.81. The number of aliphatic hydroxyl groups is 5. The molecule has 1 rings (SSSR count). The molecule has 0 spiro atoms. The van der Waals surface area contributed by atoms with E-state index in [0.717, 1.165) is 25.7 Å². The molecule has 1 aliphatic heterocycles. The van der Waals surface area contributed by atoms with Crippen molar-refractivity contribution in [2.75, 3.05) is 13.2 Å². The summed E-state index contributed by atoms with van der Waals surface area (Å²) >= 11 is 0. The molecule has 0 aromatic carbocycles. The van der Waals surface area contributed by atoms with E-state index in [-0.39, 0.29) is 6.61 Å². The lowest BCUT2D eigenvalue weighted by Gasteiger charge is -2.39. The van der Waals surface area contributed by atoms with Crippen molar-refractivity contribution in [2.45, 2.75) is 82.3 Å². The topological polar surface area (TPSA) is 120 Å². The second-order valence-corrected chi connectivity index (χ2v) is 5.86. The highest BCUT2D eigenvalue weighted by molar-refractivity contribution is 4.88. The first-order valence-electron chi connectivity index (χ1n) is 8.11. The Morgan fingerprint density at radius 3 is 2.36 bits per heavy atom. The average Bonchev–Trinajstić information content (AvgIpc) is 2.51. The molecule has 1 saturated heterocycles. The summed E-state index contributed by atoms with van der Waals surface area (Å²) in [5.41, 5.74) is 0. The number of rotatable bonds is 10. The number of aliphatic hydroxyl groups excluding tert-OH is 5. The molecule has 1 aliphatic rings. The molecule has 0 aromatic heterocycles. The third kappa shape index (κ3) is 6.08. The van der Waals surface area contributed by atoms with Gasteiger partial charge in [0.2, 0.25) is 0 Å². The molecule has 3 unspecified atom stereocenters. The van der Waals surface area contributed by atoms with E-state index in [1.54, 1.807) is 0 Å². The van der Waals surface area contributed by atoms with Crippen LogP contribution in [0.1, 0.15) is 45.4 Å². The van der Waals surface area contributed by atoms with Gasteiger partial charge in [-0.25, -0.2) is 0 Å². The van der Waals surface area contributed by atoms with Crippen LogP contribution in [-0.2, 0) is 9.47 Å². The van der Waals surface area contributed by atoms with Crippen molar-refractivity contribution in [3.63, 3.8) is 0 Å². The van der Waals surface area contributed by atoms with Gasteiger partial charge in [-0.3, -0.25) is 0 Å². The summed E-state index contributed by atoms with van der Waals surface area (Å²) in [5, 5.41) is 47.9. The van der Waals surface area contributed by atoms with Crippen LogP contribution in [0, 0.1) is 0 Å². The van der Waals surface area contributed by atoms with Gasteiger partial charge in [-0.15, -0.1) is 0 Å². The predicted octanol–water partition coefficient (Wildman–Crippen LogP) is -0.476. The Morgan fingerprint density at radius 2 is 1.73 bits per heavy atom. The molecule has 0 radical (unpaired) electrons. The second-order valence-electron chi connectivity index (χ2n) is 5.86. The predicted molar refractivity (Wildman–Crippen MR) is 79.1 cm³/mol. The Balaban J connectivity index is 2.25. The quantitative estimate of drug-likeness (QED) is 0.345. The van der Waals surface area contributed by atoms with Crippen molar-refractivity contribution < 1.29 is 35.0 Å². The number of hydrogen-bond acceptors (Lipinski definition) is 7. The lowest BCUT2D eigenvalue weighted by molar-refractivity contribution is -0.301. The maximum atomic E-state index is 9.82. The van der Waals surface area contributed by atoms with E-state index >= 15 is 0 Å². The first-order chi connectivity index (χ1) is 10.5. The molecule has 7 heteroatoms. The van der Waals surface area contributed by atoms with Gasteiger partial charge in [0.15, 0.2) is 6.29 Å². The van der Waals surface area contributed by atoms with Gasteiger partial charge in [-0.05, 0) is 12.8 Å². The van der Waals surface area contributed by atoms with E-state index in [4.69, 9.17) is 14.6 Å². The van der Waals surface area contributed by atoms with Gasteiger partial charge in [-0.1, -0.05) is 32.6 Å². The summed E-state index contributed by atoms with van der Waals surface area (Å²) in [6, 6.07) is 0. The fourth-order valence-corrected chi connectivity index (χ4v) is 2.48. The molecule has 0 saturated carbocycles. The lowest BCUT2D eigenvalue weighted by Crippen LogP contribution is -2.59. The summed E-state index contributed by atoms with van der Waals surface area (Å²) in [5.74, 6) is 0. The summed E-state index contributed by atoms with van der Waals surface area (Å²) in [7, 11) is 0. The highest BCUT2D eigenvalue weighted by Gasteiger charge is 2.43. The van der Waals surface area contributed by atoms with Crippen molar-refractivity contribution in [1.29, 1.82) is 0 Å². The minimum Gasteiger partial charge on any atom is -0.394 e. The zero-order valence-corrected chi connectivity index (χ0v) is 13.2. The molecule has 132 valence electrons. The van der Waals surface area contributed by atoms with Gasteiger partial charge in [-0.2, -0.15) is 0 Å². The average molecular weight is 322 g/mol. The highest BCUT2D eigenvalue weighted by atomic mass is 16.7. The maximum Gasteiger partial charge on any atom is 0.186 e. The van der Waals surface area contributed by atoms with Crippen molar-refractivity contribution in [3.05, 3.63) is 0 Å². The molecule has 0 aromatic rings. The molecule has 22 heavy (non-hydrogen) atoms. The third-order valence-corrected chi connectivity index (χ3v) is 3.97. The molecule has 0 bridgehead atoms. The van der Waals surface area contributed by atoms with E-state index < -0.39 is 43.4 Å². The van der Waals surface area contributed by atoms with Crippen LogP contribution in [0.25, 0.3) is 0 Å². The standard InChI is InChI=1S/C15H30O7/c1-2-3-4-5-6-10(17)7-8-21-15-14(20)13(19)12(18)11(9-16)22-15/h10-20H,2-9H2,1H3/t10-,11?,12+,13?,14?,15+/m1/s1. The minimum absolute atomic E-state index is 0.164. The van der Waals surface area contributed by atoms with E-state index in [1.807, 2.05) is 0 Å². The Labute approximate surface area is 131 Å². The number of ether oxygens (including phenoxy) is 2. The molecule has 1 fully saturated rings. The van der Waals surface area contributed by atoms with Crippen molar-refractivity contribution in [2.24, 2.45) is 0 Å². The van der Waals surface area contributed by atoms with Crippen LogP contribution in [0.5, 0.6) is 0 Å². The van der Waals surface area contributed by atoms with E-state index in [2.05, 4.69) is 6.92 Å². The van der Waals surface area contributed by atoms with Gasteiger partial charge in [0.05, 0.1) is 19.3 Å². The van der Waals surface area contributed by atoms with Gasteiger partial charge >= 0.3 is 0 Å². The molecule has 6 atom stereocenters. The van der Waals surface area contributed by atoms with Gasteiger partial charge in [0.25, 0.3) is 0 Å². The monoisotopic (exact) mass is 322 g/mol. The van der Waals surface area contributed by atoms with E-state index in [9.17, 15) is 20.4 Å². The molecular formula is C15H30O7. The molecule has 5 N–H and O–H groups in total. The van der Waals surface area contributed by atoms with Crippen LogP contribution in [-0.4, -0.2) is 75.6 Å². The molecule has 1 heterocycles. The number of unbranched alkanes of at least 4 members (excludes halogenated alkanes) is 3. The Kier molecular flexibility index (Phi) is 9.42. The largest absolute Gasteiger partial charge is 0.394 e. The van der Waals surface area contributed by atoms with Gasteiger partial charge in [0.1, 0.15) is 24.4 Å². The Morgan fingerprint density at radius 1 is 1.00 bits per heavy atom. The fraction of sp³-hybridized carbons (Fsp3) is 1.00. The molecule has 0 aliphatic carbocycles. The molecular weight excluding hydrogens is 292 g/mol. The zero-order valence-electron chi connectivity index (χ0n) is 13.2. The lowest BCUT2D eigenvalue weighted by atomic mass is 9.99. The van der Waals surface area contributed by atoms with Crippen LogP contribution >= 0.6 is 0 Å². The van der Waals surface area contributed by atoms with Crippen LogP contribution in [0.3, 0.4) is 0 Å². The molecule has 0 amide bonds. The van der Waals surface area contributed by atoms with Crippen molar-refractivity contribution in [1.82, 2.24) is 0 Å².